The van der Waals surface area contributed by atoms with Crippen LogP contribution in [0.25, 0.3) is 0 Å². The van der Waals surface area contributed by atoms with Crippen LogP contribution in [0.5, 0.6) is 0 Å². The number of aromatic nitrogens is 2. The van der Waals surface area contributed by atoms with E-state index in [9.17, 15) is 9.59 Å². The third-order valence-corrected chi connectivity index (χ3v) is 2.93. The second-order valence-corrected chi connectivity index (χ2v) is 4.37. The summed E-state index contributed by atoms with van der Waals surface area (Å²) in [6.07, 6.45) is 3.16. The van der Waals surface area contributed by atoms with E-state index in [0.29, 0.717) is 23.4 Å². The number of rotatable bonds is 4. The first-order valence-electron chi connectivity index (χ1n) is 6.19. The number of aryl methyl sites for hydroxylation is 2. The number of benzene rings is 1. The number of carboxylic acids is 1. The van der Waals surface area contributed by atoms with Gasteiger partial charge in [-0.25, -0.2) is 4.79 Å². The number of hydrogen-bond donors (Lipinski definition) is 2. The van der Waals surface area contributed by atoms with Gasteiger partial charge >= 0.3 is 5.97 Å². The van der Waals surface area contributed by atoms with Gasteiger partial charge in [0, 0.05) is 18.4 Å². The molecule has 0 saturated carbocycles. The Morgan fingerprint density at radius 3 is 2.70 bits per heavy atom. The molecule has 1 aromatic heterocycles. The van der Waals surface area contributed by atoms with Crippen LogP contribution in [-0.2, 0) is 6.54 Å². The van der Waals surface area contributed by atoms with Gasteiger partial charge in [0.15, 0.2) is 0 Å². The number of anilines is 1. The van der Waals surface area contributed by atoms with Crippen LogP contribution >= 0.6 is 0 Å². The first kappa shape index (κ1) is 13.8. The van der Waals surface area contributed by atoms with Gasteiger partial charge in [0.25, 0.3) is 5.91 Å². The molecule has 2 N–H and O–H groups in total. The summed E-state index contributed by atoms with van der Waals surface area (Å²) in [5.41, 5.74) is 1.84. The fourth-order valence-corrected chi connectivity index (χ4v) is 1.84. The van der Waals surface area contributed by atoms with Crippen LogP contribution in [0.2, 0.25) is 0 Å². The molecule has 0 aliphatic rings. The average molecular weight is 273 g/mol. The van der Waals surface area contributed by atoms with Gasteiger partial charge < -0.3 is 10.4 Å². The summed E-state index contributed by atoms with van der Waals surface area (Å²) in [6, 6.07) is 4.67. The zero-order valence-electron chi connectivity index (χ0n) is 11.3. The van der Waals surface area contributed by atoms with Crippen molar-refractivity contribution in [3.63, 3.8) is 0 Å². The zero-order valence-corrected chi connectivity index (χ0v) is 11.3. The number of aromatic carboxylic acids is 1. The molecular weight excluding hydrogens is 258 g/mol. The van der Waals surface area contributed by atoms with E-state index in [1.807, 2.05) is 6.92 Å². The Balaban J connectivity index is 2.15. The van der Waals surface area contributed by atoms with Crippen molar-refractivity contribution in [2.45, 2.75) is 20.4 Å². The second kappa shape index (κ2) is 5.56. The minimum Gasteiger partial charge on any atom is -0.478 e. The summed E-state index contributed by atoms with van der Waals surface area (Å²) < 4.78 is 1.66. The maximum Gasteiger partial charge on any atom is 0.335 e. The predicted molar refractivity (Wildman–Crippen MR) is 74.0 cm³/mol. The summed E-state index contributed by atoms with van der Waals surface area (Å²) in [5.74, 6) is -1.25. The number of carbonyl (C=O) groups is 2. The monoisotopic (exact) mass is 273 g/mol. The molecule has 0 atom stereocenters. The van der Waals surface area contributed by atoms with E-state index in [1.54, 1.807) is 29.9 Å². The Hall–Kier alpha value is -2.63. The van der Waals surface area contributed by atoms with Crippen molar-refractivity contribution < 1.29 is 14.7 Å². The van der Waals surface area contributed by atoms with Gasteiger partial charge in [0.1, 0.15) is 0 Å². The highest BCUT2D eigenvalue weighted by Gasteiger charge is 2.11. The lowest BCUT2D eigenvalue weighted by Crippen LogP contribution is -2.12. The minimum atomic E-state index is -0.982. The van der Waals surface area contributed by atoms with Crippen molar-refractivity contribution in [1.82, 2.24) is 9.78 Å². The molecule has 0 aliphatic carbocycles. The van der Waals surface area contributed by atoms with Gasteiger partial charge in [-0.2, -0.15) is 5.10 Å². The number of hydrogen-bond acceptors (Lipinski definition) is 3. The zero-order chi connectivity index (χ0) is 14.7. The Morgan fingerprint density at radius 2 is 2.15 bits per heavy atom. The number of carbonyl (C=O) groups excluding carboxylic acids is 1. The highest BCUT2D eigenvalue weighted by molar-refractivity contribution is 6.04. The smallest absolute Gasteiger partial charge is 0.335 e. The summed E-state index contributed by atoms with van der Waals surface area (Å²) in [7, 11) is 0. The van der Waals surface area contributed by atoms with E-state index in [-0.39, 0.29) is 11.5 Å². The third kappa shape index (κ3) is 2.85. The van der Waals surface area contributed by atoms with Crippen LogP contribution in [0.4, 0.5) is 5.69 Å². The van der Waals surface area contributed by atoms with E-state index < -0.39 is 5.97 Å². The number of amides is 1. The Morgan fingerprint density at radius 1 is 1.40 bits per heavy atom. The van der Waals surface area contributed by atoms with Gasteiger partial charge in [-0.3, -0.25) is 9.48 Å². The van der Waals surface area contributed by atoms with E-state index in [1.165, 1.54) is 12.3 Å². The fraction of sp³-hybridized carbons (Fsp3) is 0.214. The second-order valence-electron chi connectivity index (χ2n) is 4.37. The van der Waals surface area contributed by atoms with Crippen LogP contribution in [-0.4, -0.2) is 26.8 Å². The summed E-state index contributed by atoms with van der Waals surface area (Å²) in [5, 5.41) is 15.7. The molecule has 0 unspecified atom stereocenters. The fourth-order valence-electron chi connectivity index (χ4n) is 1.84. The molecule has 0 spiro atoms. The van der Waals surface area contributed by atoms with E-state index >= 15 is 0 Å². The molecule has 2 rings (SSSR count). The van der Waals surface area contributed by atoms with E-state index in [0.717, 1.165) is 0 Å². The molecule has 104 valence electrons. The van der Waals surface area contributed by atoms with Gasteiger partial charge in [-0.05, 0) is 37.6 Å². The molecule has 0 radical (unpaired) electrons. The van der Waals surface area contributed by atoms with E-state index in [2.05, 4.69) is 10.4 Å². The van der Waals surface area contributed by atoms with Gasteiger partial charge in [-0.1, -0.05) is 0 Å². The number of nitrogens with zero attached hydrogens (tertiary/aromatic N) is 2. The van der Waals surface area contributed by atoms with Gasteiger partial charge in [-0.15, -0.1) is 0 Å². The lowest BCUT2D eigenvalue weighted by atomic mass is 10.1. The SMILES string of the molecule is CCn1cc(C(=O)Nc2ccc(C(=O)O)c(C)c2)cn1. The Bertz CT molecular complexity index is 661. The summed E-state index contributed by atoms with van der Waals surface area (Å²) in [6.45, 7) is 4.32. The Kier molecular flexibility index (Phi) is 3.84. The largest absolute Gasteiger partial charge is 0.478 e. The highest BCUT2D eigenvalue weighted by atomic mass is 16.4. The predicted octanol–water partition coefficient (Wildman–Crippen LogP) is 2.16. The minimum absolute atomic E-state index is 0.224. The van der Waals surface area contributed by atoms with Crippen LogP contribution in [0.15, 0.2) is 30.6 Å². The molecule has 0 bridgehead atoms. The Labute approximate surface area is 116 Å². The van der Waals surface area contributed by atoms with Crippen molar-refractivity contribution in [3.8, 4) is 0 Å². The van der Waals surface area contributed by atoms with E-state index in [4.69, 9.17) is 5.11 Å². The molecule has 0 aliphatic heterocycles. The summed E-state index contributed by atoms with van der Waals surface area (Å²) >= 11 is 0. The number of carboxylic acid groups (broad SMARTS) is 1. The molecule has 20 heavy (non-hydrogen) atoms. The van der Waals surface area contributed by atoms with Crippen molar-refractivity contribution in [3.05, 3.63) is 47.3 Å². The van der Waals surface area contributed by atoms with Crippen LogP contribution in [0.1, 0.15) is 33.2 Å². The molecule has 0 fully saturated rings. The molecule has 1 heterocycles. The highest BCUT2D eigenvalue weighted by Crippen LogP contribution is 2.16. The van der Waals surface area contributed by atoms with Crippen molar-refractivity contribution in [2.75, 3.05) is 5.32 Å². The van der Waals surface area contributed by atoms with Crippen molar-refractivity contribution >= 4 is 17.6 Å². The summed E-state index contributed by atoms with van der Waals surface area (Å²) in [4.78, 5) is 22.9. The first-order chi connectivity index (χ1) is 9.51. The molecular formula is C14H15N3O3. The van der Waals surface area contributed by atoms with Crippen LogP contribution < -0.4 is 5.32 Å². The maximum absolute atomic E-state index is 12.0. The molecule has 2 aromatic rings. The third-order valence-electron chi connectivity index (χ3n) is 2.93. The number of nitrogens with one attached hydrogen (secondary N) is 1. The van der Waals surface area contributed by atoms with Crippen LogP contribution in [0.3, 0.4) is 0 Å². The van der Waals surface area contributed by atoms with Gasteiger partial charge in [0.2, 0.25) is 0 Å². The normalized spacial score (nSPS) is 10.3. The lowest BCUT2D eigenvalue weighted by Gasteiger charge is -2.06. The molecule has 1 amide bonds. The van der Waals surface area contributed by atoms with Gasteiger partial charge in [0.05, 0.1) is 17.3 Å². The lowest BCUT2D eigenvalue weighted by molar-refractivity contribution is 0.0696. The molecule has 6 heteroatoms. The average Bonchev–Trinajstić information content (AvgIpc) is 2.87. The van der Waals surface area contributed by atoms with Crippen LogP contribution in [0, 0.1) is 6.92 Å². The van der Waals surface area contributed by atoms with Crippen molar-refractivity contribution in [1.29, 1.82) is 0 Å². The maximum atomic E-state index is 12.0. The first-order valence-corrected chi connectivity index (χ1v) is 6.19. The molecule has 0 saturated heterocycles. The quantitative estimate of drug-likeness (QED) is 0.894. The standard InChI is InChI=1S/C14H15N3O3/c1-3-17-8-10(7-15-17)13(18)16-11-4-5-12(14(19)20)9(2)6-11/h4-8H,3H2,1-2H3,(H,16,18)(H,19,20). The topological polar surface area (TPSA) is 84.2 Å². The van der Waals surface area contributed by atoms with Crippen molar-refractivity contribution in [2.24, 2.45) is 0 Å². The molecule has 1 aromatic carbocycles. The molecule has 6 nitrogen and oxygen atoms in total.